The standard InChI is InChI=1S/C19H19ClN4O2/c1-12(19-23-18(24-26-19)13-5-6-13)22-14-7-8-17(16(20)10-14)25-11-15-4-2-3-9-21-15/h2-4,7-10,12-13,22H,5-6,11H2,1H3. The second-order valence-corrected chi connectivity index (χ2v) is 6.79. The maximum Gasteiger partial charge on any atom is 0.248 e. The lowest BCUT2D eigenvalue weighted by Crippen LogP contribution is -2.07. The van der Waals surface area contributed by atoms with Crippen LogP contribution in [0.1, 0.15) is 49.1 Å². The zero-order valence-electron chi connectivity index (χ0n) is 14.4. The third-order valence-corrected chi connectivity index (χ3v) is 4.48. The number of aromatic nitrogens is 3. The van der Waals surface area contributed by atoms with Crippen LogP contribution in [-0.4, -0.2) is 15.1 Å². The molecule has 1 unspecified atom stereocenters. The molecule has 0 aliphatic heterocycles. The van der Waals surface area contributed by atoms with Crippen LogP contribution in [0.4, 0.5) is 5.69 Å². The fourth-order valence-corrected chi connectivity index (χ4v) is 2.82. The number of hydrogen-bond acceptors (Lipinski definition) is 6. The van der Waals surface area contributed by atoms with Crippen molar-refractivity contribution in [2.45, 2.75) is 38.3 Å². The van der Waals surface area contributed by atoms with Crippen molar-refractivity contribution in [2.75, 3.05) is 5.32 Å². The van der Waals surface area contributed by atoms with E-state index in [4.69, 9.17) is 20.9 Å². The number of nitrogens with zero attached hydrogens (tertiary/aromatic N) is 3. The van der Waals surface area contributed by atoms with Gasteiger partial charge in [0.15, 0.2) is 5.82 Å². The summed E-state index contributed by atoms with van der Waals surface area (Å²) >= 11 is 6.34. The lowest BCUT2D eigenvalue weighted by molar-refractivity contribution is 0.301. The van der Waals surface area contributed by atoms with Crippen LogP contribution >= 0.6 is 11.6 Å². The van der Waals surface area contributed by atoms with E-state index in [2.05, 4.69) is 20.4 Å². The maximum absolute atomic E-state index is 6.34. The molecule has 3 aromatic rings. The van der Waals surface area contributed by atoms with E-state index >= 15 is 0 Å². The highest BCUT2D eigenvalue weighted by atomic mass is 35.5. The molecule has 26 heavy (non-hydrogen) atoms. The quantitative estimate of drug-likeness (QED) is 0.647. The molecule has 1 saturated carbocycles. The van der Waals surface area contributed by atoms with Crippen LogP contribution in [0.5, 0.6) is 5.75 Å². The zero-order valence-corrected chi connectivity index (χ0v) is 15.1. The van der Waals surface area contributed by atoms with E-state index in [1.165, 1.54) is 0 Å². The molecule has 7 heteroatoms. The predicted molar refractivity (Wildman–Crippen MR) is 98.3 cm³/mol. The summed E-state index contributed by atoms with van der Waals surface area (Å²) in [6.07, 6.45) is 4.04. The molecule has 2 heterocycles. The molecule has 4 rings (SSSR count). The zero-order chi connectivity index (χ0) is 17.9. The maximum atomic E-state index is 6.34. The summed E-state index contributed by atoms with van der Waals surface area (Å²) in [5.41, 5.74) is 1.71. The van der Waals surface area contributed by atoms with Gasteiger partial charge in [-0.1, -0.05) is 22.8 Å². The molecular formula is C19H19ClN4O2. The number of nitrogens with one attached hydrogen (secondary N) is 1. The summed E-state index contributed by atoms with van der Waals surface area (Å²) in [4.78, 5) is 8.70. The second-order valence-electron chi connectivity index (χ2n) is 6.39. The van der Waals surface area contributed by atoms with Crippen LogP contribution < -0.4 is 10.1 Å². The van der Waals surface area contributed by atoms with Crippen LogP contribution in [0.15, 0.2) is 47.1 Å². The Morgan fingerprint density at radius 3 is 2.92 bits per heavy atom. The van der Waals surface area contributed by atoms with Gasteiger partial charge in [-0.15, -0.1) is 0 Å². The molecule has 1 N–H and O–H groups in total. The average Bonchev–Trinajstić information content (AvgIpc) is 3.38. The average molecular weight is 371 g/mol. The minimum Gasteiger partial charge on any atom is -0.486 e. The van der Waals surface area contributed by atoms with Gasteiger partial charge >= 0.3 is 0 Å². The molecule has 6 nitrogen and oxygen atoms in total. The number of rotatable bonds is 7. The molecule has 1 fully saturated rings. The SMILES string of the molecule is CC(Nc1ccc(OCc2ccccn2)c(Cl)c1)c1nc(C2CC2)no1. The number of halogens is 1. The van der Waals surface area contributed by atoms with E-state index in [9.17, 15) is 0 Å². The highest BCUT2D eigenvalue weighted by molar-refractivity contribution is 6.32. The first kappa shape index (κ1) is 16.8. The van der Waals surface area contributed by atoms with Crippen molar-refractivity contribution >= 4 is 17.3 Å². The summed E-state index contributed by atoms with van der Waals surface area (Å²) < 4.78 is 11.1. The topological polar surface area (TPSA) is 73.1 Å². The Labute approximate surface area is 156 Å². The Bertz CT molecular complexity index is 880. The summed E-state index contributed by atoms with van der Waals surface area (Å²) in [5, 5.41) is 7.90. The largest absolute Gasteiger partial charge is 0.486 e. The highest BCUT2D eigenvalue weighted by Crippen LogP contribution is 2.38. The molecular weight excluding hydrogens is 352 g/mol. The number of ether oxygens (including phenoxy) is 1. The van der Waals surface area contributed by atoms with Crippen LogP contribution in [0.3, 0.4) is 0 Å². The van der Waals surface area contributed by atoms with E-state index in [0.717, 1.165) is 30.0 Å². The van der Waals surface area contributed by atoms with Crippen molar-refractivity contribution in [3.05, 3.63) is 65.0 Å². The Morgan fingerprint density at radius 2 is 2.19 bits per heavy atom. The predicted octanol–water partition coefficient (Wildman–Crippen LogP) is 4.75. The van der Waals surface area contributed by atoms with Gasteiger partial charge in [0.25, 0.3) is 0 Å². The number of hydrogen-bond donors (Lipinski definition) is 1. The molecule has 0 amide bonds. The fourth-order valence-electron chi connectivity index (χ4n) is 2.59. The number of anilines is 1. The van der Waals surface area contributed by atoms with Gasteiger partial charge in [0.2, 0.25) is 5.89 Å². The van der Waals surface area contributed by atoms with E-state index < -0.39 is 0 Å². The van der Waals surface area contributed by atoms with Gasteiger partial charge in [-0.25, -0.2) is 0 Å². The molecule has 1 aromatic carbocycles. The highest BCUT2D eigenvalue weighted by Gasteiger charge is 2.29. The van der Waals surface area contributed by atoms with Crippen LogP contribution in [0.25, 0.3) is 0 Å². The molecule has 1 aliphatic carbocycles. The van der Waals surface area contributed by atoms with E-state index in [1.54, 1.807) is 6.20 Å². The number of benzene rings is 1. The lowest BCUT2D eigenvalue weighted by atomic mass is 10.2. The monoisotopic (exact) mass is 370 g/mol. The fraction of sp³-hybridized carbons (Fsp3) is 0.316. The van der Waals surface area contributed by atoms with Crippen LogP contribution in [-0.2, 0) is 6.61 Å². The minimum atomic E-state index is -0.105. The first-order valence-electron chi connectivity index (χ1n) is 8.61. The normalized spacial score (nSPS) is 14.8. The van der Waals surface area contributed by atoms with Gasteiger partial charge < -0.3 is 14.6 Å². The van der Waals surface area contributed by atoms with Gasteiger partial charge in [-0.2, -0.15) is 4.98 Å². The summed E-state index contributed by atoms with van der Waals surface area (Å²) in [6.45, 7) is 2.35. The van der Waals surface area contributed by atoms with Crippen LogP contribution in [0, 0.1) is 0 Å². The van der Waals surface area contributed by atoms with Crippen LogP contribution in [0.2, 0.25) is 5.02 Å². The smallest absolute Gasteiger partial charge is 0.248 e. The molecule has 0 radical (unpaired) electrons. The first-order chi connectivity index (χ1) is 12.7. The molecule has 0 bridgehead atoms. The summed E-state index contributed by atoms with van der Waals surface area (Å²) in [7, 11) is 0. The van der Waals surface area contributed by atoms with Crippen molar-refractivity contribution < 1.29 is 9.26 Å². The third-order valence-electron chi connectivity index (χ3n) is 4.19. The van der Waals surface area contributed by atoms with Gasteiger partial charge in [-0.3, -0.25) is 4.98 Å². The van der Waals surface area contributed by atoms with Crippen molar-refractivity contribution in [1.29, 1.82) is 0 Å². The van der Waals surface area contributed by atoms with Gasteiger partial charge in [-0.05, 0) is 50.1 Å². The van der Waals surface area contributed by atoms with Crippen molar-refractivity contribution in [2.24, 2.45) is 0 Å². The summed E-state index contributed by atoms with van der Waals surface area (Å²) in [5.74, 6) is 2.48. The van der Waals surface area contributed by atoms with E-state index in [-0.39, 0.29) is 6.04 Å². The van der Waals surface area contributed by atoms with E-state index in [0.29, 0.717) is 29.2 Å². The molecule has 0 spiro atoms. The van der Waals surface area contributed by atoms with Gasteiger partial charge in [0.1, 0.15) is 18.4 Å². The van der Waals surface area contributed by atoms with Gasteiger partial charge in [0.05, 0.1) is 10.7 Å². The van der Waals surface area contributed by atoms with Gasteiger partial charge in [0, 0.05) is 17.8 Å². The first-order valence-corrected chi connectivity index (χ1v) is 8.99. The molecule has 0 saturated heterocycles. The third kappa shape index (κ3) is 3.96. The molecule has 1 atom stereocenters. The minimum absolute atomic E-state index is 0.105. The Kier molecular flexibility index (Phi) is 4.75. The van der Waals surface area contributed by atoms with Crippen molar-refractivity contribution in [1.82, 2.24) is 15.1 Å². The Hall–Kier alpha value is -2.60. The molecule has 1 aliphatic rings. The van der Waals surface area contributed by atoms with Crippen molar-refractivity contribution in [3.8, 4) is 5.75 Å². The Morgan fingerprint density at radius 1 is 1.31 bits per heavy atom. The van der Waals surface area contributed by atoms with Crippen molar-refractivity contribution in [3.63, 3.8) is 0 Å². The van der Waals surface area contributed by atoms with E-state index in [1.807, 2.05) is 43.3 Å². The molecule has 2 aromatic heterocycles. The summed E-state index contributed by atoms with van der Waals surface area (Å²) in [6, 6.07) is 11.2. The lowest BCUT2D eigenvalue weighted by Gasteiger charge is -2.13. The second kappa shape index (κ2) is 7.33. The Balaban J connectivity index is 1.38. The molecule has 134 valence electrons. The number of pyridine rings is 1.